The van der Waals surface area contributed by atoms with Crippen LogP contribution in [0.4, 0.5) is 0 Å². The van der Waals surface area contributed by atoms with Gasteiger partial charge in [0, 0.05) is 26.6 Å². The van der Waals surface area contributed by atoms with E-state index in [0.29, 0.717) is 45.9 Å². The lowest BCUT2D eigenvalue weighted by atomic mass is 9.93. The number of nitrogens with two attached hydrogens (primary N) is 1. The van der Waals surface area contributed by atoms with E-state index in [0.717, 1.165) is 49.8 Å². The Balaban J connectivity index is 1.83. The van der Waals surface area contributed by atoms with Gasteiger partial charge in [-0.25, -0.2) is 0 Å². The number of nitrogens with zero attached hydrogens (tertiary/aromatic N) is 1. The van der Waals surface area contributed by atoms with E-state index in [9.17, 15) is 9.59 Å². The maximum absolute atomic E-state index is 12.9. The first-order valence-electron chi connectivity index (χ1n) is 11.7. The second-order valence-corrected chi connectivity index (χ2v) is 8.02. The van der Waals surface area contributed by atoms with Gasteiger partial charge in [-0.3, -0.25) is 9.59 Å². The standard InChI is InChI=1S/C24H39N3O5/c1-30-13-14-31-15-16-32-19-23(28)27-18-21-10-6-5-9-20(21)17-22(27)24(29)26-12-8-4-2-3-7-11-25/h5-6,9-10,22H,2-4,7-8,11-19,25H2,1H3,(H,26,29). The van der Waals surface area contributed by atoms with Crippen molar-refractivity contribution >= 4 is 11.8 Å². The van der Waals surface area contributed by atoms with E-state index in [1.54, 1.807) is 12.0 Å². The van der Waals surface area contributed by atoms with Crippen molar-refractivity contribution in [3.05, 3.63) is 35.4 Å². The molecule has 0 fully saturated rings. The quantitative estimate of drug-likeness (QED) is 0.372. The summed E-state index contributed by atoms with van der Waals surface area (Å²) in [6.07, 6.45) is 5.82. The minimum Gasteiger partial charge on any atom is -0.382 e. The lowest BCUT2D eigenvalue weighted by Gasteiger charge is -2.36. The fraction of sp³-hybridized carbons (Fsp3) is 0.667. The van der Waals surface area contributed by atoms with Crippen LogP contribution in [0, 0.1) is 0 Å². The summed E-state index contributed by atoms with van der Waals surface area (Å²) in [6.45, 7) is 3.43. The number of carbonyl (C=O) groups excluding carboxylic acids is 2. The molecule has 3 N–H and O–H groups in total. The lowest BCUT2D eigenvalue weighted by Crippen LogP contribution is -2.53. The van der Waals surface area contributed by atoms with E-state index in [1.807, 2.05) is 24.3 Å². The van der Waals surface area contributed by atoms with Crippen molar-refractivity contribution in [1.82, 2.24) is 10.2 Å². The van der Waals surface area contributed by atoms with Gasteiger partial charge in [-0.2, -0.15) is 0 Å². The summed E-state index contributed by atoms with van der Waals surface area (Å²) in [5, 5.41) is 3.02. The van der Waals surface area contributed by atoms with Crippen LogP contribution in [-0.2, 0) is 36.8 Å². The molecule has 1 aromatic carbocycles. The number of ether oxygens (including phenoxy) is 3. The normalized spacial score (nSPS) is 15.4. The first-order valence-corrected chi connectivity index (χ1v) is 11.7. The van der Waals surface area contributed by atoms with Crippen LogP contribution in [0.15, 0.2) is 24.3 Å². The molecular weight excluding hydrogens is 410 g/mol. The molecule has 0 saturated heterocycles. The SMILES string of the molecule is COCCOCCOCC(=O)N1Cc2ccccc2CC1C(=O)NCCCCCCCN. The molecule has 1 aromatic rings. The Labute approximate surface area is 191 Å². The zero-order valence-electron chi connectivity index (χ0n) is 19.4. The molecule has 0 bridgehead atoms. The van der Waals surface area contributed by atoms with Crippen molar-refractivity contribution in [2.75, 3.05) is 53.2 Å². The highest BCUT2D eigenvalue weighted by Gasteiger charge is 2.34. The van der Waals surface area contributed by atoms with E-state index >= 15 is 0 Å². The molecule has 1 aliphatic rings. The summed E-state index contributed by atoms with van der Waals surface area (Å²) in [6, 6.07) is 7.45. The summed E-state index contributed by atoms with van der Waals surface area (Å²) in [4.78, 5) is 27.5. The Morgan fingerprint density at radius 2 is 1.69 bits per heavy atom. The van der Waals surface area contributed by atoms with Crippen LogP contribution in [0.3, 0.4) is 0 Å². The molecule has 0 aliphatic carbocycles. The highest BCUT2D eigenvalue weighted by atomic mass is 16.5. The Kier molecular flexibility index (Phi) is 12.9. The smallest absolute Gasteiger partial charge is 0.249 e. The lowest BCUT2D eigenvalue weighted by molar-refractivity contribution is -0.145. The van der Waals surface area contributed by atoms with Gasteiger partial charge in [-0.1, -0.05) is 43.5 Å². The van der Waals surface area contributed by atoms with Gasteiger partial charge in [0.25, 0.3) is 0 Å². The Morgan fingerprint density at radius 1 is 1.00 bits per heavy atom. The zero-order chi connectivity index (χ0) is 23.0. The predicted molar refractivity (Wildman–Crippen MR) is 123 cm³/mol. The molecule has 1 heterocycles. The second kappa shape index (κ2) is 15.7. The minimum absolute atomic E-state index is 0.0687. The van der Waals surface area contributed by atoms with Gasteiger partial charge in [0.2, 0.25) is 11.8 Å². The molecule has 0 aromatic heterocycles. The molecule has 8 nitrogen and oxygen atoms in total. The highest BCUT2D eigenvalue weighted by molar-refractivity contribution is 5.89. The fourth-order valence-electron chi connectivity index (χ4n) is 3.75. The number of benzene rings is 1. The van der Waals surface area contributed by atoms with Gasteiger partial charge < -0.3 is 30.2 Å². The van der Waals surface area contributed by atoms with Crippen LogP contribution >= 0.6 is 0 Å². The summed E-state index contributed by atoms with van der Waals surface area (Å²) in [7, 11) is 1.62. The van der Waals surface area contributed by atoms with Gasteiger partial charge >= 0.3 is 0 Å². The molecule has 2 amide bonds. The third-order valence-corrected chi connectivity index (χ3v) is 5.58. The number of methoxy groups -OCH3 is 1. The highest BCUT2D eigenvalue weighted by Crippen LogP contribution is 2.23. The number of hydrogen-bond acceptors (Lipinski definition) is 6. The van der Waals surface area contributed by atoms with E-state index < -0.39 is 6.04 Å². The van der Waals surface area contributed by atoms with Crippen LogP contribution < -0.4 is 11.1 Å². The van der Waals surface area contributed by atoms with Crippen molar-refractivity contribution in [3.8, 4) is 0 Å². The second-order valence-electron chi connectivity index (χ2n) is 8.02. The zero-order valence-corrected chi connectivity index (χ0v) is 19.4. The monoisotopic (exact) mass is 449 g/mol. The predicted octanol–water partition coefficient (Wildman–Crippen LogP) is 1.64. The molecule has 1 unspecified atom stereocenters. The van der Waals surface area contributed by atoms with Crippen molar-refractivity contribution in [3.63, 3.8) is 0 Å². The average Bonchev–Trinajstić information content (AvgIpc) is 2.81. The van der Waals surface area contributed by atoms with Gasteiger partial charge in [0.05, 0.1) is 26.4 Å². The van der Waals surface area contributed by atoms with Gasteiger partial charge in [0.15, 0.2) is 0 Å². The number of rotatable bonds is 16. The minimum atomic E-state index is -0.517. The molecule has 0 radical (unpaired) electrons. The number of fused-ring (bicyclic) bond motifs is 1. The molecule has 32 heavy (non-hydrogen) atoms. The van der Waals surface area contributed by atoms with E-state index in [-0.39, 0.29) is 18.4 Å². The Bertz CT molecular complexity index is 628. The maximum atomic E-state index is 12.9. The van der Waals surface area contributed by atoms with Crippen molar-refractivity contribution in [2.45, 2.75) is 51.1 Å². The molecule has 1 aliphatic heterocycles. The number of nitrogens with one attached hydrogen (secondary N) is 1. The first kappa shape index (κ1) is 26.3. The Morgan fingerprint density at radius 3 is 2.47 bits per heavy atom. The molecule has 0 saturated carbocycles. The van der Waals surface area contributed by atoms with Crippen LogP contribution in [-0.4, -0.2) is 76.0 Å². The molecule has 0 spiro atoms. The summed E-state index contributed by atoms with van der Waals surface area (Å²) >= 11 is 0. The first-order chi connectivity index (χ1) is 15.7. The topological polar surface area (TPSA) is 103 Å². The number of hydrogen-bond donors (Lipinski definition) is 2. The fourth-order valence-corrected chi connectivity index (χ4v) is 3.75. The van der Waals surface area contributed by atoms with Gasteiger partial charge in [0.1, 0.15) is 12.6 Å². The van der Waals surface area contributed by atoms with E-state index in [2.05, 4.69) is 5.32 Å². The van der Waals surface area contributed by atoms with Crippen molar-refractivity contribution in [2.24, 2.45) is 5.73 Å². The molecule has 180 valence electrons. The maximum Gasteiger partial charge on any atom is 0.249 e. The molecular formula is C24H39N3O5. The molecule has 2 rings (SSSR count). The Hall–Kier alpha value is -2.00. The third-order valence-electron chi connectivity index (χ3n) is 5.58. The molecule has 8 heteroatoms. The summed E-state index contributed by atoms with van der Waals surface area (Å²) in [5.74, 6) is -0.281. The van der Waals surface area contributed by atoms with E-state index in [4.69, 9.17) is 19.9 Å². The van der Waals surface area contributed by atoms with Crippen LogP contribution in [0.25, 0.3) is 0 Å². The van der Waals surface area contributed by atoms with Crippen LogP contribution in [0.1, 0.15) is 43.2 Å². The summed E-state index contributed by atoms with van der Waals surface area (Å²) < 4.78 is 15.8. The van der Waals surface area contributed by atoms with Crippen LogP contribution in [0.5, 0.6) is 0 Å². The number of amides is 2. The largest absolute Gasteiger partial charge is 0.382 e. The van der Waals surface area contributed by atoms with Crippen LogP contribution in [0.2, 0.25) is 0 Å². The summed E-state index contributed by atoms with van der Waals surface area (Å²) in [5.41, 5.74) is 7.71. The average molecular weight is 450 g/mol. The van der Waals surface area contributed by atoms with Crippen molar-refractivity contribution < 1.29 is 23.8 Å². The van der Waals surface area contributed by atoms with Gasteiger partial charge in [-0.05, 0) is 30.5 Å². The van der Waals surface area contributed by atoms with Gasteiger partial charge in [-0.15, -0.1) is 0 Å². The van der Waals surface area contributed by atoms with E-state index in [1.165, 1.54) is 0 Å². The molecule has 1 atom stereocenters. The number of unbranched alkanes of at least 4 members (excludes halogenated alkanes) is 4. The third kappa shape index (κ3) is 9.24. The van der Waals surface area contributed by atoms with Crippen molar-refractivity contribution in [1.29, 1.82) is 0 Å². The number of carbonyl (C=O) groups is 2.